The summed E-state index contributed by atoms with van der Waals surface area (Å²) < 4.78 is 27.9. The van der Waals surface area contributed by atoms with E-state index in [1.54, 1.807) is 0 Å². The average molecular weight is 547 g/mol. The van der Waals surface area contributed by atoms with Crippen molar-refractivity contribution >= 4 is 33.3 Å². The fourth-order valence-electron chi connectivity index (χ4n) is 5.64. The number of anilines is 2. The molecule has 0 aromatic carbocycles. The number of aliphatic hydroxyl groups is 3. The van der Waals surface area contributed by atoms with Crippen molar-refractivity contribution < 1.29 is 24.1 Å². The van der Waals surface area contributed by atoms with Crippen LogP contribution in [0.25, 0.3) is 20.8 Å². The summed E-state index contributed by atoms with van der Waals surface area (Å²) >= 11 is 1.51. The Labute approximate surface area is 222 Å². The van der Waals surface area contributed by atoms with Crippen molar-refractivity contribution in [2.75, 3.05) is 17.2 Å². The molecule has 3 aliphatic carbocycles. The summed E-state index contributed by atoms with van der Waals surface area (Å²) in [5, 5.41) is 37.9. The molecule has 0 spiro atoms. The Morgan fingerprint density at radius 3 is 2.58 bits per heavy atom. The molecular formula is C26H32F2N6O3S. The minimum Gasteiger partial charge on any atom is -0.396 e. The molecule has 0 bridgehead atoms. The number of fused-ring (bicyclic) bond motifs is 1. The molecule has 204 valence electrons. The van der Waals surface area contributed by atoms with Crippen LogP contribution in [0.1, 0.15) is 56.3 Å². The molecule has 3 aromatic rings. The van der Waals surface area contributed by atoms with Gasteiger partial charge in [-0.15, -0.1) is 11.3 Å². The predicted molar refractivity (Wildman–Crippen MR) is 141 cm³/mol. The lowest BCUT2D eigenvalue weighted by Crippen LogP contribution is -2.44. The third kappa shape index (κ3) is 4.72. The van der Waals surface area contributed by atoms with Crippen molar-refractivity contribution in [3.63, 3.8) is 0 Å². The highest BCUT2D eigenvalue weighted by atomic mass is 32.1. The maximum atomic E-state index is 13.4. The number of rotatable bonds is 8. The third-order valence-electron chi connectivity index (χ3n) is 8.15. The molecule has 5 N–H and O–H groups in total. The van der Waals surface area contributed by atoms with Gasteiger partial charge in [0, 0.05) is 43.5 Å². The molecule has 0 saturated heterocycles. The number of alkyl halides is 2. The Balaban J connectivity index is 1.36. The lowest BCUT2D eigenvalue weighted by atomic mass is 9.77. The number of hydrogen-bond acceptors (Lipinski definition) is 10. The molecule has 6 rings (SSSR count). The molecule has 3 aromatic heterocycles. The predicted octanol–water partition coefficient (Wildman–Crippen LogP) is 3.69. The number of nitrogens with one attached hydrogen (secondary N) is 2. The van der Waals surface area contributed by atoms with Gasteiger partial charge in [-0.1, -0.05) is 0 Å². The molecule has 1 unspecified atom stereocenters. The fraction of sp³-hybridized carbons (Fsp3) is 0.615. The number of aliphatic hydroxyl groups excluding tert-OH is 3. The maximum absolute atomic E-state index is 13.4. The van der Waals surface area contributed by atoms with Gasteiger partial charge in [-0.25, -0.2) is 18.7 Å². The molecule has 0 aliphatic heterocycles. The Hall–Kier alpha value is -2.54. The summed E-state index contributed by atoms with van der Waals surface area (Å²) in [5.74, 6) is -2.09. The SMILES string of the molecule is Cc1nc(NC(C)C2CC(F)(F)C2)nc(N[C@@H]2C[C@H](CO)[C@@H](O)[C@H]2O)c1-c1nc2c(C3CC3)nccc2s1. The van der Waals surface area contributed by atoms with Crippen LogP contribution in [0.2, 0.25) is 0 Å². The van der Waals surface area contributed by atoms with Crippen molar-refractivity contribution in [1.29, 1.82) is 0 Å². The minimum absolute atomic E-state index is 0.166. The van der Waals surface area contributed by atoms with Crippen LogP contribution in [0.15, 0.2) is 12.3 Å². The van der Waals surface area contributed by atoms with E-state index in [-0.39, 0.29) is 31.4 Å². The van der Waals surface area contributed by atoms with Gasteiger partial charge in [-0.2, -0.15) is 4.98 Å². The van der Waals surface area contributed by atoms with Crippen molar-refractivity contribution in [3.8, 4) is 10.6 Å². The lowest BCUT2D eigenvalue weighted by Gasteiger charge is -2.39. The van der Waals surface area contributed by atoms with Crippen molar-refractivity contribution in [1.82, 2.24) is 19.9 Å². The molecule has 12 heteroatoms. The van der Waals surface area contributed by atoms with E-state index in [1.807, 2.05) is 26.1 Å². The number of nitrogens with zero attached hydrogens (tertiary/aromatic N) is 4. The van der Waals surface area contributed by atoms with Gasteiger partial charge >= 0.3 is 0 Å². The average Bonchev–Trinajstić information content (AvgIpc) is 3.55. The van der Waals surface area contributed by atoms with Crippen molar-refractivity contribution in [2.45, 2.75) is 82.1 Å². The highest BCUT2D eigenvalue weighted by Gasteiger charge is 2.47. The van der Waals surface area contributed by atoms with Gasteiger partial charge in [0.25, 0.3) is 0 Å². The highest BCUT2D eigenvalue weighted by molar-refractivity contribution is 7.21. The number of pyridine rings is 1. The van der Waals surface area contributed by atoms with Gasteiger partial charge < -0.3 is 26.0 Å². The number of aryl methyl sites for hydroxylation is 1. The van der Waals surface area contributed by atoms with E-state index in [4.69, 9.17) is 9.97 Å². The second kappa shape index (κ2) is 9.58. The minimum atomic E-state index is -2.61. The molecule has 3 saturated carbocycles. The van der Waals surface area contributed by atoms with E-state index >= 15 is 0 Å². The molecule has 0 amide bonds. The Kier molecular flexibility index (Phi) is 6.48. The highest BCUT2D eigenvalue weighted by Crippen LogP contribution is 2.46. The summed E-state index contributed by atoms with van der Waals surface area (Å²) in [6.07, 6.45) is 1.89. The van der Waals surface area contributed by atoms with Gasteiger partial charge in [0.2, 0.25) is 11.9 Å². The monoisotopic (exact) mass is 546 g/mol. The smallest absolute Gasteiger partial charge is 0.248 e. The zero-order chi connectivity index (χ0) is 26.8. The van der Waals surface area contributed by atoms with Crippen LogP contribution in [-0.4, -0.2) is 72.1 Å². The van der Waals surface area contributed by atoms with E-state index < -0.39 is 30.1 Å². The molecule has 9 nitrogen and oxygen atoms in total. The van der Waals surface area contributed by atoms with Gasteiger partial charge in [0.1, 0.15) is 22.4 Å². The normalized spacial score (nSPS) is 27.9. The van der Waals surface area contributed by atoms with Gasteiger partial charge in [0.05, 0.1) is 33.8 Å². The van der Waals surface area contributed by atoms with Gasteiger partial charge in [-0.05, 0) is 45.1 Å². The summed E-state index contributed by atoms with van der Waals surface area (Å²) in [7, 11) is 0. The first kappa shape index (κ1) is 25.7. The van der Waals surface area contributed by atoms with Crippen molar-refractivity contribution in [3.05, 3.63) is 23.7 Å². The van der Waals surface area contributed by atoms with Gasteiger partial charge in [0.15, 0.2) is 0 Å². The number of hydrogen-bond donors (Lipinski definition) is 5. The zero-order valence-electron chi connectivity index (χ0n) is 21.2. The van der Waals surface area contributed by atoms with Crippen LogP contribution >= 0.6 is 11.3 Å². The first-order valence-corrected chi connectivity index (χ1v) is 14.0. The van der Waals surface area contributed by atoms with E-state index in [9.17, 15) is 24.1 Å². The van der Waals surface area contributed by atoms with Crippen LogP contribution in [-0.2, 0) is 0 Å². The number of thiazole rings is 1. The number of halogens is 2. The van der Waals surface area contributed by atoms with Crippen LogP contribution in [0.4, 0.5) is 20.5 Å². The Bertz CT molecular complexity index is 1340. The van der Waals surface area contributed by atoms with Gasteiger partial charge in [-0.3, -0.25) is 4.98 Å². The van der Waals surface area contributed by atoms with E-state index in [2.05, 4.69) is 20.6 Å². The topological polar surface area (TPSA) is 136 Å². The van der Waals surface area contributed by atoms with E-state index in [0.717, 1.165) is 28.8 Å². The standard InChI is InChI=1S/C26H32F2N6O3S/c1-11(15-8-26(27,28)9-15)30-25-31-12(2)18(23(34-25)32-16-7-14(10-35)21(36)22(16)37)24-33-20-17(38-24)5-6-29-19(20)13-3-4-13/h5-6,11,13-16,21-22,35-37H,3-4,7-10H2,1-2H3,(H2,30,31,32,34)/t11?,14-,16-,21-,22+/m1/s1. The molecule has 3 heterocycles. The first-order chi connectivity index (χ1) is 18.1. The Morgan fingerprint density at radius 2 is 1.92 bits per heavy atom. The quantitative estimate of drug-likeness (QED) is 0.287. The first-order valence-electron chi connectivity index (χ1n) is 13.2. The van der Waals surface area contributed by atoms with Crippen LogP contribution < -0.4 is 10.6 Å². The maximum Gasteiger partial charge on any atom is 0.248 e. The second-order valence-corrected chi connectivity index (χ2v) is 12.1. The Morgan fingerprint density at radius 1 is 1.16 bits per heavy atom. The third-order valence-corrected chi connectivity index (χ3v) is 9.19. The molecule has 38 heavy (non-hydrogen) atoms. The summed E-state index contributed by atoms with van der Waals surface area (Å²) in [6.45, 7) is 3.46. The lowest BCUT2D eigenvalue weighted by molar-refractivity contribution is -0.113. The van der Waals surface area contributed by atoms with Crippen LogP contribution in [0.3, 0.4) is 0 Å². The van der Waals surface area contributed by atoms with Crippen LogP contribution in [0.5, 0.6) is 0 Å². The molecule has 0 radical (unpaired) electrons. The number of aromatic nitrogens is 4. The summed E-state index contributed by atoms with van der Waals surface area (Å²) in [4.78, 5) is 18.9. The fourth-order valence-corrected chi connectivity index (χ4v) is 6.71. The largest absolute Gasteiger partial charge is 0.396 e. The summed E-state index contributed by atoms with van der Waals surface area (Å²) in [6, 6.07) is 1.14. The van der Waals surface area contributed by atoms with E-state index in [0.29, 0.717) is 40.4 Å². The van der Waals surface area contributed by atoms with Crippen LogP contribution in [0, 0.1) is 18.8 Å². The molecule has 5 atom stereocenters. The molecular weight excluding hydrogens is 514 g/mol. The molecule has 3 aliphatic rings. The van der Waals surface area contributed by atoms with Crippen molar-refractivity contribution in [2.24, 2.45) is 11.8 Å². The zero-order valence-corrected chi connectivity index (χ0v) is 22.0. The summed E-state index contributed by atoms with van der Waals surface area (Å²) in [5.41, 5.74) is 3.19. The van der Waals surface area contributed by atoms with E-state index in [1.165, 1.54) is 11.3 Å². The molecule has 3 fully saturated rings. The second-order valence-electron chi connectivity index (χ2n) is 11.1.